The van der Waals surface area contributed by atoms with Crippen LogP contribution < -0.4 is 10.9 Å². The highest BCUT2D eigenvalue weighted by atomic mass is 16.2. The summed E-state index contributed by atoms with van der Waals surface area (Å²) in [6, 6.07) is 14.1. The van der Waals surface area contributed by atoms with Crippen molar-refractivity contribution < 1.29 is 4.79 Å². The molecule has 7 heteroatoms. The second-order valence-electron chi connectivity index (χ2n) is 7.38. The number of hydrogen-bond acceptors (Lipinski definition) is 4. The van der Waals surface area contributed by atoms with Gasteiger partial charge in [0.25, 0.3) is 5.56 Å². The van der Waals surface area contributed by atoms with E-state index in [0.29, 0.717) is 11.3 Å². The highest BCUT2D eigenvalue weighted by molar-refractivity contribution is 5.76. The van der Waals surface area contributed by atoms with E-state index < -0.39 is 0 Å². The maximum absolute atomic E-state index is 12.5. The van der Waals surface area contributed by atoms with Crippen LogP contribution in [0.25, 0.3) is 5.52 Å². The van der Waals surface area contributed by atoms with Crippen molar-refractivity contribution in [2.24, 2.45) is 0 Å². The minimum absolute atomic E-state index is 0.0500. The molecule has 2 aromatic heterocycles. The molecule has 7 nitrogen and oxygen atoms in total. The number of aromatic nitrogens is 3. The van der Waals surface area contributed by atoms with Gasteiger partial charge in [0, 0.05) is 31.9 Å². The number of carbonyl (C=O) groups is 1. The third-order valence-corrected chi connectivity index (χ3v) is 5.31. The van der Waals surface area contributed by atoms with E-state index in [2.05, 4.69) is 39.6 Å². The Morgan fingerprint density at radius 2 is 1.89 bits per heavy atom. The van der Waals surface area contributed by atoms with Crippen molar-refractivity contribution in [2.45, 2.75) is 38.9 Å². The summed E-state index contributed by atoms with van der Waals surface area (Å²) >= 11 is 0. The van der Waals surface area contributed by atoms with Crippen LogP contribution in [0.5, 0.6) is 0 Å². The van der Waals surface area contributed by atoms with Crippen molar-refractivity contribution in [2.75, 3.05) is 13.1 Å². The quantitative estimate of drug-likeness (QED) is 0.731. The number of nitrogens with zero attached hydrogens (tertiary/aromatic N) is 4. The lowest BCUT2D eigenvalue weighted by atomic mass is 10.0. The van der Waals surface area contributed by atoms with Crippen molar-refractivity contribution in [3.8, 4) is 0 Å². The number of rotatable bonds is 5. The highest BCUT2D eigenvalue weighted by Gasteiger charge is 2.21. The van der Waals surface area contributed by atoms with E-state index in [1.165, 1.54) is 10.2 Å². The van der Waals surface area contributed by atoms with Gasteiger partial charge in [0.15, 0.2) is 0 Å². The minimum Gasteiger partial charge on any atom is -0.352 e. The van der Waals surface area contributed by atoms with Crippen LogP contribution in [0.1, 0.15) is 24.2 Å². The Hall–Kier alpha value is -2.93. The maximum Gasteiger partial charge on any atom is 0.291 e. The van der Waals surface area contributed by atoms with Crippen LogP contribution in [0.2, 0.25) is 0 Å². The molecule has 1 saturated heterocycles. The summed E-state index contributed by atoms with van der Waals surface area (Å²) in [5, 5.41) is 7.33. The molecule has 146 valence electrons. The van der Waals surface area contributed by atoms with Crippen LogP contribution in [0.3, 0.4) is 0 Å². The minimum atomic E-state index is -0.247. The van der Waals surface area contributed by atoms with Gasteiger partial charge in [-0.3, -0.25) is 18.9 Å². The zero-order valence-corrected chi connectivity index (χ0v) is 16.0. The molecule has 3 heterocycles. The van der Waals surface area contributed by atoms with Gasteiger partial charge in [-0.2, -0.15) is 5.10 Å². The Labute approximate surface area is 163 Å². The van der Waals surface area contributed by atoms with E-state index in [1.54, 1.807) is 22.7 Å². The lowest BCUT2D eigenvalue weighted by Crippen LogP contribution is -2.46. The summed E-state index contributed by atoms with van der Waals surface area (Å²) in [5.74, 6) is 0.521. The lowest BCUT2D eigenvalue weighted by Gasteiger charge is -2.32. The Bertz CT molecular complexity index is 1020. The van der Waals surface area contributed by atoms with E-state index >= 15 is 0 Å². The molecule has 0 atom stereocenters. The van der Waals surface area contributed by atoms with E-state index in [4.69, 9.17) is 0 Å². The number of likely N-dealkylation sites (tertiary alicyclic amines) is 1. The lowest BCUT2D eigenvalue weighted by molar-refractivity contribution is -0.123. The number of nitrogens with one attached hydrogen (secondary N) is 1. The van der Waals surface area contributed by atoms with Crippen LogP contribution in [-0.4, -0.2) is 44.1 Å². The second-order valence-corrected chi connectivity index (χ2v) is 7.38. The molecule has 28 heavy (non-hydrogen) atoms. The van der Waals surface area contributed by atoms with Gasteiger partial charge >= 0.3 is 0 Å². The first kappa shape index (κ1) is 18.4. The fourth-order valence-electron chi connectivity index (χ4n) is 3.83. The molecular weight excluding hydrogens is 354 g/mol. The summed E-state index contributed by atoms with van der Waals surface area (Å²) in [6.07, 6.45) is 3.63. The van der Waals surface area contributed by atoms with Gasteiger partial charge in [0.2, 0.25) is 5.91 Å². The predicted octanol–water partition coefficient (Wildman–Crippen LogP) is 1.59. The summed E-state index contributed by atoms with van der Waals surface area (Å²) in [6.45, 7) is 4.62. The van der Waals surface area contributed by atoms with Crippen molar-refractivity contribution in [3.05, 3.63) is 70.4 Å². The SMILES string of the molecule is Cc1nn(CC(=O)NC2CCN(Cc3ccccc3)CC2)c(=O)c2cccn12. The molecule has 0 unspecified atom stereocenters. The number of hydrogen-bond donors (Lipinski definition) is 1. The molecule has 1 aliphatic heterocycles. The maximum atomic E-state index is 12.5. The van der Waals surface area contributed by atoms with Crippen molar-refractivity contribution >= 4 is 11.4 Å². The van der Waals surface area contributed by atoms with Crippen LogP contribution in [0.4, 0.5) is 0 Å². The first-order chi connectivity index (χ1) is 13.6. The Kier molecular flexibility index (Phi) is 5.25. The number of benzene rings is 1. The van der Waals surface area contributed by atoms with Crippen molar-refractivity contribution in [1.82, 2.24) is 24.4 Å². The summed E-state index contributed by atoms with van der Waals surface area (Å²) < 4.78 is 2.99. The van der Waals surface area contributed by atoms with E-state index in [-0.39, 0.29) is 24.1 Å². The number of aryl methyl sites for hydroxylation is 1. The van der Waals surface area contributed by atoms with Gasteiger partial charge < -0.3 is 5.32 Å². The molecule has 1 fully saturated rings. The van der Waals surface area contributed by atoms with E-state index in [9.17, 15) is 9.59 Å². The van der Waals surface area contributed by atoms with Gasteiger partial charge in [-0.25, -0.2) is 4.68 Å². The second kappa shape index (κ2) is 7.98. The normalized spacial score (nSPS) is 15.8. The van der Waals surface area contributed by atoms with Crippen molar-refractivity contribution in [1.29, 1.82) is 0 Å². The topological polar surface area (TPSA) is 71.6 Å². The summed E-state index contributed by atoms with van der Waals surface area (Å²) in [7, 11) is 0. The van der Waals surface area contributed by atoms with Crippen LogP contribution in [0.15, 0.2) is 53.5 Å². The fraction of sp³-hybridized carbons (Fsp3) is 0.381. The Morgan fingerprint density at radius 1 is 1.14 bits per heavy atom. The van der Waals surface area contributed by atoms with Crippen LogP contribution in [-0.2, 0) is 17.9 Å². The van der Waals surface area contributed by atoms with Crippen molar-refractivity contribution in [3.63, 3.8) is 0 Å². The summed E-state index contributed by atoms with van der Waals surface area (Å²) in [4.78, 5) is 27.3. The molecule has 0 radical (unpaired) electrons. The molecule has 0 saturated carbocycles. The summed E-state index contributed by atoms with van der Waals surface area (Å²) in [5.41, 5.74) is 1.60. The number of amides is 1. The predicted molar refractivity (Wildman–Crippen MR) is 107 cm³/mol. The van der Waals surface area contributed by atoms with E-state index in [1.807, 2.05) is 13.0 Å². The zero-order chi connectivity index (χ0) is 19.5. The molecule has 3 aromatic rings. The Balaban J connectivity index is 1.32. The van der Waals surface area contributed by atoms with Gasteiger partial charge in [-0.15, -0.1) is 0 Å². The number of carbonyl (C=O) groups excluding carboxylic acids is 1. The van der Waals surface area contributed by atoms with Gasteiger partial charge in [0.05, 0.1) is 0 Å². The fourth-order valence-corrected chi connectivity index (χ4v) is 3.83. The molecule has 0 bridgehead atoms. The average molecular weight is 379 g/mol. The Morgan fingerprint density at radius 3 is 2.64 bits per heavy atom. The molecule has 0 aliphatic carbocycles. The first-order valence-corrected chi connectivity index (χ1v) is 9.70. The zero-order valence-electron chi connectivity index (χ0n) is 16.0. The molecule has 1 amide bonds. The van der Waals surface area contributed by atoms with Crippen LogP contribution in [0, 0.1) is 6.92 Å². The smallest absolute Gasteiger partial charge is 0.291 e. The monoisotopic (exact) mass is 379 g/mol. The van der Waals surface area contributed by atoms with Gasteiger partial charge in [0.1, 0.15) is 17.9 Å². The van der Waals surface area contributed by atoms with Crippen LogP contribution >= 0.6 is 0 Å². The number of fused-ring (bicyclic) bond motifs is 1. The highest BCUT2D eigenvalue weighted by Crippen LogP contribution is 2.14. The van der Waals surface area contributed by atoms with Gasteiger partial charge in [-0.1, -0.05) is 30.3 Å². The van der Waals surface area contributed by atoms with Gasteiger partial charge in [-0.05, 0) is 37.5 Å². The third-order valence-electron chi connectivity index (χ3n) is 5.31. The molecular formula is C21H25N5O2. The number of piperidine rings is 1. The first-order valence-electron chi connectivity index (χ1n) is 9.70. The molecule has 4 rings (SSSR count). The molecule has 0 spiro atoms. The average Bonchev–Trinajstić information content (AvgIpc) is 3.19. The molecule has 1 aromatic carbocycles. The largest absolute Gasteiger partial charge is 0.352 e. The van der Waals surface area contributed by atoms with E-state index in [0.717, 1.165) is 32.5 Å². The molecule has 1 N–H and O–H groups in total. The third kappa shape index (κ3) is 3.99. The standard InChI is InChI=1S/C21H25N5O2/c1-16-23-26(21(28)19-8-5-11-25(16)19)15-20(27)22-18-9-12-24(13-10-18)14-17-6-3-2-4-7-17/h2-8,11,18H,9-10,12-15H2,1H3,(H,22,27). The molecule has 1 aliphatic rings.